The molecule has 142 valence electrons. The summed E-state index contributed by atoms with van der Waals surface area (Å²) in [7, 11) is 1.50. The van der Waals surface area contributed by atoms with Gasteiger partial charge in [-0.25, -0.2) is 9.18 Å². The maximum atomic E-state index is 14.6. The SMILES string of the molecule is Cc1cn(C)c(=O)n(Cc2nc([C@@H](F)[C@@H](O)c3ccc(Cl)cc3)no2)c1=O. The number of aliphatic hydroxyl groups is 1. The quantitative estimate of drug-likeness (QED) is 0.706. The highest BCUT2D eigenvalue weighted by molar-refractivity contribution is 6.30. The number of aromatic nitrogens is 4. The standard InChI is InChI=1S/C17H16ClFN4O4/c1-9-7-22(2)17(26)23(16(9)25)8-12-20-15(21-27-12)13(19)14(24)10-3-5-11(18)6-4-10/h3-7,13-14,24H,8H2,1-2H3/t13-,14-/m0/s1. The molecule has 0 saturated heterocycles. The molecule has 0 unspecified atom stereocenters. The van der Waals surface area contributed by atoms with Crippen molar-refractivity contribution in [3.8, 4) is 0 Å². The van der Waals surface area contributed by atoms with E-state index in [0.717, 1.165) is 4.57 Å². The molecule has 1 N–H and O–H groups in total. The lowest BCUT2D eigenvalue weighted by Gasteiger charge is -2.12. The van der Waals surface area contributed by atoms with E-state index in [1.54, 1.807) is 6.92 Å². The van der Waals surface area contributed by atoms with Crippen LogP contribution in [0.15, 0.2) is 44.6 Å². The average molecular weight is 395 g/mol. The Kier molecular flexibility index (Phi) is 5.24. The molecule has 8 nitrogen and oxygen atoms in total. The predicted molar refractivity (Wildman–Crippen MR) is 94.3 cm³/mol. The smallest absolute Gasteiger partial charge is 0.331 e. The highest BCUT2D eigenvalue weighted by Crippen LogP contribution is 2.31. The van der Waals surface area contributed by atoms with Crippen LogP contribution in [0.3, 0.4) is 0 Å². The zero-order valence-corrected chi connectivity index (χ0v) is 15.2. The molecule has 2 atom stereocenters. The topological polar surface area (TPSA) is 103 Å². The fraction of sp³-hybridized carbons (Fsp3) is 0.294. The molecule has 3 rings (SSSR count). The van der Waals surface area contributed by atoms with Crippen molar-refractivity contribution in [2.24, 2.45) is 7.05 Å². The van der Waals surface area contributed by atoms with Gasteiger partial charge in [0, 0.05) is 23.8 Å². The van der Waals surface area contributed by atoms with Crippen LogP contribution in [-0.4, -0.2) is 24.4 Å². The largest absolute Gasteiger partial charge is 0.385 e. The number of aliphatic hydroxyl groups excluding tert-OH is 1. The summed E-state index contributed by atoms with van der Waals surface area (Å²) < 4.78 is 21.7. The van der Waals surface area contributed by atoms with Gasteiger partial charge in [0.05, 0.1) is 0 Å². The van der Waals surface area contributed by atoms with Gasteiger partial charge in [-0.1, -0.05) is 28.9 Å². The number of alkyl halides is 1. The number of aryl methyl sites for hydroxylation is 2. The molecule has 0 saturated carbocycles. The van der Waals surface area contributed by atoms with Crippen molar-refractivity contribution >= 4 is 11.6 Å². The van der Waals surface area contributed by atoms with Crippen LogP contribution in [0, 0.1) is 6.92 Å². The minimum Gasteiger partial charge on any atom is -0.385 e. The Labute approximate surface area is 157 Å². The Balaban J connectivity index is 1.84. The summed E-state index contributed by atoms with van der Waals surface area (Å²) in [6, 6.07) is 6.01. The maximum Gasteiger partial charge on any atom is 0.331 e. The van der Waals surface area contributed by atoms with Crippen molar-refractivity contribution in [1.82, 2.24) is 19.3 Å². The molecule has 0 aliphatic rings. The van der Waals surface area contributed by atoms with Gasteiger partial charge >= 0.3 is 5.69 Å². The van der Waals surface area contributed by atoms with E-state index in [4.69, 9.17) is 16.1 Å². The van der Waals surface area contributed by atoms with E-state index >= 15 is 0 Å². The Hall–Kier alpha value is -2.78. The van der Waals surface area contributed by atoms with Crippen LogP contribution in [0.1, 0.15) is 35.1 Å². The lowest BCUT2D eigenvalue weighted by molar-refractivity contribution is 0.0708. The third-order valence-corrected chi connectivity index (χ3v) is 4.27. The molecule has 0 spiro atoms. The molecule has 0 fully saturated rings. The van der Waals surface area contributed by atoms with Gasteiger partial charge in [-0.2, -0.15) is 4.98 Å². The Bertz CT molecular complexity index is 1040. The van der Waals surface area contributed by atoms with Gasteiger partial charge in [0.2, 0.25) is 11.7 Å². The molecular weight excluding hydrogens is 379 g/mol. The van der Waals surface area contributed by atoms with Crippen molar-refractivity contribution in [1.29, 1.82) is 0 Å². The maximum absolute atomic E-state index is 14.6. The summed E-state index contributed by atoms with van der Waals surface area (Å²) in [6.45, 7) is 1.27. The van der Waals surface area contributed by atoms with E-state index in [9.17, 15) is 19.1 Å². The Morgan fingerprint density at radius 3 is 2.63 bits per heavy atom. The van der Waals surface area contributed by atoms with Gasteiger partial charge in [0.1, 0.15) is 12.6 Å². The molecule has 1 aromatic carbocycles. The van der Waals surface area contributed by atoms with Gasteiger partial charge < -0.3 is 14.2 Å². The van der Waals surface area contributed by atoms with Gasteiger partial charge in [-0.05, 0) is 24.6 Å². The first-order chi connectivity index (χ1) is 12.8. The van der Waals surface area contributed by atoms with Gasteiger partial charge in [0.15, 0.2) is 6.17 Å². The predicted octanol–water partition coefficient (Wildman–Crippen LogP) is 1.68. The minimum atomic E-state index is -1.96. The second-order valence-electron chi connectivity index (χ2n) is 6.04. The first-order valence-electron chi connectivity index (χ1n) is 7.95. The van der Waals surface area contributed by atoms with Gasteiger partial charge in [0.25, 0.3) is 5.56 Å². The molecule has 10 heteroatoms. The highest BCUT2D eigenvalue weighted by Gasteiger charge is 2.27. The summed E-state index contributed by atoms with van der Waals surface area (Å²) in [5.74, 6) is -0.509. The molecule has 0 aliphatic carbocycles. The lowest BCUT2D eigenvalue weighted by atomic mass is 10.1. The molecule has 0 aliphatic heterocycles. The second-order valence-corrected chi connectivity index (χ2v) is 6.48. The molecule has 0 radical (unpaired) electrons. The summed E-state index contributed by atoms with van der Waals surface area (Å²) in [5.41, 5.74) is -0.417. The normalized spacial score (nSPS) is 13.5. The Morgan fingerprint density at radius 1 is 1.30 bits per heavy atom. The van der Waals surface area contributed by atoms with Crippen LogP contribution in [0.4, 0.5) is 4.39 Å². The summed E-state index contributed by atoms with van der Waals surface area (Å²) in [6.07, 6.45) is -2.07. The fourth-order valence-electron chi connectivity index (χ4n) is 2.58. The molecule has 2 heterocycles. The van der Waals surface area contributed by atoms with Crippen molar-refractivity contribution in [2.45, 2.75) is 25.7 Å². The summed E-state index contributed by atoms with van der Waals surface area (Å²) >= 11 is 5.77. The third-order valence-electron chi connectivity index (χ3n) is 4.01. The molecule has 2 aromatic heterocycles. The van der Waals surface area contributed by atoms with Crippen LogP contribution in [0.2, 0.25) is 5.02 Å². The molecule has 0 bridgehead atoms. The first kappa shape index (κ1) is 19.0. The van der Waals surface area contributed by atoms with Crippen molar-refractivity contribution in [3.63, 3.8) is 0 Å². The average Bonchev–Trinajstić information content (AvgIpc) is 3.11. The number of hydrogen-bond donors (Lipinski definition) is 1. The molecule has 27 heavy (non-hydrogen) atoms. The van der Waals surface area contributed by atoms with Crippen molar-refractivity contribution in [2.75, 3.05) is 0 Å². The van der Waals surface area contributed by atoms with Crippen LogP contribution in [0.5, 0.6) is 0 Å². The van der Waals surface area contributed by atoms with E-state index in [-0.39, 0.29) is 18.3 Å². The second kappa shape index (κ2) is 7.45. The zero-order valence-electron chi connectivity index (χ0n) is 14.5. The summed E-state index contributed by atoms with van der Waals surface area (Å²) in [5, 5.41) is 14.1. The van der Waals surface area contributed by atoms with Crippen molar-refractivity contribution in [3.05, 3.63) is 79.2 Å². The van der Waals surface area contributed by atoms with E-state index in [0.29, 0.717) is 16.1 Å². The molecule has 0 amide bonds. The fourth-order valence-corrected chi connectivity index (χ4v) is 2.71. The van der Waals surface area contributed by atoms with Gasteiger partial charge in [-0.15, -0.1) is 0 Å². The summed E-state index contributed by atoms with van der Waals surface area (Å²) in [4.78, 5) is 28.1. The van der Waals surface area contributed by atoms with Crippen LogP contribution < -0.4 is 11.2 Å². The van der Waals surface area contributed by atoms with Crippen LogP contribution in [-0.2, 0) is 13.6 Å². The monoisotopic (exact) mass is 394 g/mol. The third kappa shape index (κ3) is 3.83. The van der Waals surface area contributed by atoms with Gasteiger partial charge in [-0.3, -0.25) is 9.36 Å². The number of benzene rings is 1. The number of nitrogens with zero attached hydrogens (tertiary/aromatic N) is 4. The van der Waals surface area contributed by atoms with E-state index in [1.165, 1.54) is 42.1 Å². The molecule has 3 aromatic rings. The first-order valence-corrected chi connectivity index (χ1v) is 8.33. The number of rotatable bonds is 5. The van der Waals surface area contributed by atoms with E-state index in [1.807, 2.05) is 0 Å². The minimum absolute atomic E-state index is 0.124. The number of halogens is 2. The number of hydrogen-bond acceptors (Lipinski definition) is 6. The lowest BCUT2D eigenvalue weighted by Crippen LogP contribution is -2.40. The van der Waals surface area contributed by atoms with Crippen LogP contribution >= 0.6 is 11.6 Å². The highest BCUT2D eigenvalue weighted by atomic mass is 35.5. The molecular formula is C17H16ClFN4O4. The Morgan fingerprint density at radius 2 is 1.96 bits per heavy atom. The zero-order chi connectivity index (χ0) is 19.7. The van der Waals surface area contributed by atoms with E-state index < -0.39 is 23.5 Å². The van der Waals surface area contributed by atoms with Crippen molar-refractivity contribution < 1.29 is 14.0 Å². The van der Waals surface area contributed by atoms with E-state index in [2.05, 4.69) is 10.1 Å². The van der Waals surface area contributed by atoms with Crippen LogP contribution in [0.25, 0.3) is 0 Å².